The molecule has 1 aromatic carbocycles. The summed E-state index contributed by atoms with van der Waals surface area (Å²) >= 11 is 0. The Balaban J connectivity index is 1.75. The molecule has 2 atom stereocenters. The van der Waals surface area contributed by atoms with Crippen molar-refractivity contribution >= 4 is 11.8 Å². The van der Waals surface area contributed by atoms with E-state index in [1.165, 1.54) is 40.9 Å². The van der Waals surface area contributed by atoms with E-state index in [1.54, 1.807) is 0 Å². The van der Waals surface area contributed by atoms with Gasteiger partial charge in [0.15, 0.2) is 11.6 Å². The number of halogens is 3. The molecule has 1 aromatic heterocycles. The van der Waals surface area contributed by atoms with Crippen LogP contribution in [-0.4, -0.2) is 46.6 Å². The number of nitrogens with zero attached hydrogens (tertiary/aromatic N) is 2. The Hall–Kier alpha value is -3.10. The molecule has 2 aromatic rings. The topological polar surface area (TPSA) is 71.4 Å². The van der Waals surface area contributed by atoms with Crippen molar-refractivity contribution in [3.8, 4) is 0 Å². The molecule has 2 amide bonds. The first-order chi connectivity index (χ1) is 13.3. The van der Waals surface area contributed by atoms with Gasteiger partial charge in [0.2, 0.25) is 0 Å². The number of hydrogen-bond acceptors (Lipinski definition) is 3. The van der Waals surface area contributed by atoms with Crippen molar-refractivity contribution in [3.63, 3.8) is 0 Å². The van der Waals surface area contributed by atoms with E-state index < -0.39 is 46.8 Å². The fourth-order valence-corrected chi connectivity index (χ4v) is 3.20. The maximum atomic E-state index is 13.9. The molecular formula is C19H18F3N3O3. The maximum Gasteiger partial charge on any atom is 0.263 e. The number of hydrogen-bond donors (Lipinski definition) is 1. The average molecular weight is 393 g/mol. The standard InChI is InChI=1S/C19H18F3N3O3/c1-24-7-3-5-14(18(24)27)19(28)25-10-11(20)8-12(25)9-23-17(26)13-4-2-6-15(21)16(13)22/h2-7,11-12H,8-10H2,1H3,(H,23,26)/t11-,12-/m0/s1. The van der Waals surface area contributed by atoms with Crippen LogP contribution in [0.5, 0.6) is 0 Å². The number of pyridine rings is 1. The van der Waals surface area contributed by atoms with Gasteiger partial charge in [-0.25, -0.2) is 13.2 Å². The lowest BCUT2D eigenvalue weighted by atomic mass is 10.1. The summed E-state index contributed by atoms with van der Waals surface area (Å²) in [6.45, 7) is -0.375. The number of nitrogens with one attached hydrogen (secondary N) is 1. The van der Waals surface area contributed by atoms with Crippen LogP contribution in [-0.2, 0) is 7.05 Å². The van der Waals surface area contributed by atoms with E-state index in [0.717, 1.165) is 12.1 Å². The summed E-state index contributed by atoms with van der Waals surface area (Å²) < 4.78 is 42.2. The number of aromatic nitrogens is 1. The molecule has 0 spiro atoms. The molecule has 9 heteroatoms. The van der Waals surface area contributed by atoms with Gasteiger partial charge in [0.05, 0.1) is 18.2 Å². The predicted octanol–water partition coefficient (Wildman–Crippen LogP) is 1.65. The predicted molar refractivity (Wildman–Crippen MR) is 94.7 cm³/mol. The molecule has 6 nitrogen and oxygen atoms in total. The van der Waals surface area contributed by atoms with Gasteiger partial charge in [-0.05, 0) is 24.3 Å². The van der Waals surface area contributed by atoms with Crippen LogP contribution in [0.3, 0.4) is 0 Å². The highest BCUT2D eigenvalue weighted by Gasteiger charge is 2.36. The zero-order valence-corrected chi connectivity index (χ0v) is 15.0. The molecule has 0 unspecified atom stereocenters. The summed E-state index contributed by atoms with van der Waals surface area (Å²) in [5, 5.41) is 2.40. The van der Waals surface area contributed by atoms with Gasteiger partial charge in [0.25, 0.3) is 17.4 Å². The minimum Gasteiger partial charge on any atom is -0.350 e. The van der Waals surface area contributed by atoms with Gasteiger partial charge in [0, 0.05) is 26.2 Å². The molecule has 3 rings (SSSR count). The number of alkyl halides is 1. The number of amides is 2. The van der Waals surface area contributed by atoms with Gasteiger partial charge in [-0.3, -0.25) is 14.4 Å². The lowest BCUT2D eigenvalue weighted by Gasteiger charge is -2.24. The lowest BCUT2D eigenvalue weighted by molar-refractivity contribution is 0.0716. The van der Waals surface area contributed by atoms with Gasteiger partial charge in [-0.1, -0.05) is 6.07 Å². The number of rotatable bonds is 4. The highest BCUT2D eigenvalue weighted by atomic mass is 19.2. The SMILES string of the molecule is Cn1cccc(C(=O)N2C[C@@H](F)C[C@H]2CNC(=O)c2cccc(F)c2F)c1=O. The van der Waals surface area contributed by atoms with Crippen molar-refractivity contribution in [3.05, 3.63) is 69.6 Å². The van der Waals surface area contributed by atoms with Crippen molar-refractivity contribution in [2.75, 3.05) is 13.1 Å². The van der Waals surface area contributed by atoms with Crippen LogP contribution in [0.15, 0.2) is 41.3 Å². The molecule has 28 heavy (non-hydrogen) atoms. The largest absolute Gasteiger partial charge is 0.350 e. The summed E-state index contributed by atoms with van der Waals surface area (Å²) in [5.74, 6) is -3.95. The second kappa shape index (κ2) is 7.87. The van der Waals surface area contributed by atoms with Crippen LogP contribution in [0, 0.1) is 11.6 Å². The molecule has 0 radical (unpaired) electrons. The summed E-state index contributed by atoms with van der Waals surface area (Å²) in [6.07, 6.45) is 0.140. The molecule has 148 valence electrons. The van der Waals surface area contributed by atoms with Crippen molar-refractivity contribution < 1.29 is 22.8 Å². The number of carbonyl (C=O) groups excluding carboxylic acids is 2. The summed E-state index contributed by atoms with van der Waals surface area (Å²) in [6, 6.07) is 5.37. The fourth-order valence-electron chi connectivity index (χ4n) is 3.20. The second-order valence-electron chi connectivity index (χ2n) is 6.59. The summed E-state index contributed by atoms with van der Waals surface area (Å²) in [4.78, 5) is 38.2. The third kappa shape index (κ3) is 3.78. The number of likely N-dealkylation sites (tertiary alicyclic amines) is 1. The summed E-state index contributed by atoms with van der Waals surface area (Å²) in [5.41, 5.74) is -1.10. The fraction of sp³-hybridized carbons (Fsp3) is 0.316. The van der Waals surface area contributed by atoms with Crippen molar-refractivity contribution in [1.29, 1.82) is 0 Å². The Morgan fingerprint density at radius 2 is 1.89 bits per heavy atom. The van der Waals surface area contributed by atoms with E-state index in [0.29, 0.717) is 0 Å². The Bertz CT molecular complexity index is 976. The Labute approximate surface area is 158 Å². The van der Waals surface area contributed by atoms with Crippen LogP contribution in [0.25, 0.3) is 0 Å². The van der Waals surface area contributed by atoms with Gasteiger partial charge < -0.3 is 14.8 Å². The van der Waals surface area contributed by atoms with Gasteiger partial charge in [-0.15, -0.1) is 0 Å². The van der Waals surface area contributed by atoms with Crippen molar-refractivity contribution in [2.45, 2.75) is 18.6 Å². The first-order valence-corrected chi connectivity index (χ1v) is 8.62. The van der Waals surface area contributed by atoms with Crippen molar-refractivity contribution in [2.24, 2.45) is 7.05 Å². The lowest BCUT2D eigenvalue weighted by Crippen LogP contribution is -2.45. The van der Waals surface area contributed by atoms with E-state index in [1.807, 2.05) is 0 Å². The van der Waals surface area contributed by atoms with Gasteiger partial charge in [-0.2, -0.15) is 0 Å². The zero-order chi connectivity index (χ0) is 20.4. The molecular weight excluding hydrogens is 375 g/mol. The monoisotopic (exact) mass is 393 g/mol. The Morgan fingerprint density at radius 3 is 2.64 bits per heavy atom. The van der Waals surface area contributed by atoms with Gasteiger partial charge in [0.1, 0.15) is 11.7 Å². The average Bonchev–Trinajstić information content (AvgIpc) is 3.04. The molecule has 0 bridgehead atoms. The zero-order valence-electron chi connectivity index (χ0n) is 15.0. The first-order valence-electron chi connectivity index (χ1n) is 8.62. The minimum absolute atomic E-state index is 0.0369. The van der Waals surface area contributed by atoms with Crippen LogP contribution in [0.1, 0.15) is 27.1 Å². The van der Waals surface area contributed by atoms with Crippen LogP contribution in [0.4, 0.5) is 13.2 Å². The molecule has 1 fully saturated rings. The van der Waals surface area contributed by atoms with Crippen molar-refractivity contribution in [1.82, 2.24) is 14.8 Å². The molecule has 1 aliphatic rings. The molecule has 2 heterocycles. The smallest absolute Gasteiger partial charge is 0.263 e. The van der Waals surface area contributed by atoms with E-state index >= 15 is 0 Å². The van der Waals surface area contributed by atoms with E-state index in [-0.39, 0.29) is 25.1 Å². The number of carbonyl (C=O) groups is 2. The first kappa shape index (κ1) is 19.7. The molecule has 1 saturated heterocycles. The quantitative estimate of drug-likeness (QED) is 0.859. The Morgan fingerprint density at radius 1 is 1.18 bits per heavy atom. The third-order valence-corrected chi connectivity index (χ3v) is 4.67. The third-order valence-electron chi connectivity index (χ3n) is 4.67. The number of benzene rings is 1. The molecule has 0 aliphatic carbocycles. The van der Waals surface area contributed by atoms with E-state index in [2.05, 4.69) is 5.32 Å². The van der Waals surface area contributed by atoms with E-state index in [9.17, 15) is 27.6 Å². The highest BCUT2D eigenvalue weighted by Crippen LogP contribution is 2.22. The normalized spacial score (nSPS) is 18.9. The molecule has 1 N–H and O–H groups in total. The van der Waals surface area contributed by atoms with Crippen LogP contribution >= 0.6 is 0 Å². The van der Waals surface area contributed by atoms with E-state index in [4.69, 9.17) is 0 Å². The minimum atomic E-state index is -1.32. The highest BCUT2D eigenvalue weighted by molar-refractivity contribution is 5.95. The summed E-state index contributed by atoms with van der Waals surface area (Å²) in [7, 11) is 1.49. The van der Waals surface area contributed by atoms with Crippen LogP contribution in [0.2, 0.25) is 0 Å². The Kier molecular flexibility index (Phi) is 5.53. The molecule has 0 saturated carbocycles. The maximum absolute atomic E-state index is 13.9. The molecule has 1 aliphatic heterocycles. The van der Waals surface area contributed by atoms with Crippen LogP contribution < -0.4 is 10.9 Å². The van der Waals surface area contributed by atoms with Gasteiger partial charge >= 0.3 is 0 Å². The second-order valence-corrected chi connectivity index (χ2v) is 6.59. The number of aryl methyl sites for hydroxylation is 1.